The van der Waals surface area contributed by atoms with Gasteiger partial charge in [0.05, 0.1) is 5.69 Å². The van der Waals surface area contributed by atoms with E-state index in [1.165, 1.54) is 0 Å². The van der Waals surface area contributed by atoms with Crippen LogP contribution in [0.4, 0.5) is 0 Å². The predicted octanol–water partition coefficient (Wildman–Crippen LogP) is 2.39. The first-order chi connectivity index (χ1) is 6.31. The van der Waals surface area contributed by atoms with E-state index in [0.717, 1.165) is 23.1 Å². The highest BCUT2D eigenvalue weighted by Crippen LogP contribution is 2.15. The fourth-order valence-corrected chi connectivity index (χ4v) is 1.36. The number of fused-ring (bicyclic) bond motifs is 1. The molecule has 4 heteroatoms. The average Bonchev–Trinajstić information content (AvgIpc) is 2.63. The molecule has 1 atom stereocenters. The minimum absolute atomic E-state index is 0. The SMILES string of the molecule is CC[C@@H](N)c1ccc2cc[nH]c2n1.Cl. The molecular formula is C10H14ClN3. The van der Waals surface area contributed by atoms with E-state index < -0.39 is 0 Å². The van der Waals surface area contributed by atoms with Crippen LogP contribution in [0.5, 0.6) is 0 Å². The Balaban J connectivity index is 0.000000980. The Bertz CT molecular complexity index is 410. The molecule has 0 unspecified atom stereocenters. The largest absolute Gasteiger partial charge is 0.346 e. The number of nitrogens with one attached hydrogen (secondary N) is 1. The first-order valence-electron chi connectivity index (χ1n) is 4.51. The molecule has 0 radical (unpaired) electrons. The Kier molecular flexibility index (Phi) is 3.49. The zero-order valence-electron chi connectivity index (χ0n) is 8.03. The van der Waals surface area contributed by atoms with Crippen LogP contribution in [0.25, 0.3) is 11.0 Å². The van der Waals surface area contributed by atoms with Gasteiger partial charge in [-0.2, -0.15) is 0 Å². The van der Waals surface area contributed by atoms with Gasteiger partial charge in [-0.15, -0.1) is 12.4 Å². The predicted molar refractivity (Wildman–Crippen MR) is 60.6 cm³/mol. The normalized spacial score (nSPS) is 12.4. The summed E-state index contributed by atoms with van der Waals surface area (Å²) in [5.41, 5.74) is 7.75. The lowest BCUT2D eigenvalue weighted by Gasteiger charge is -2.06. The molecule has 0 aliphatic rings. The first-order valence-corrected chi connectivity index (χ1v) is 4.51. The molecule has 76 valence electrons. The maximum atomic E-state index is 5.88. The number of pyridine rings is 1. The van der Waals surface area contributed by atoms with Crippen molar-refractivity contribution in [3.8, 4) is 0 Å². The standard InChI is InChI=1S/C10H13N3.ClH/c1-2-8(11)9-4-3-7-5-6-12-10(7)13-9;/h3-6,8H,2,11H2,1H3,(H,12,13);1H/t8-;/m1./s1. The Morgan fingerprint density at radius 1 is 1.43 bits per heavy atom. The summed E-state index contributed by atoms with van der Waals surface area (Å²) in [5, 5.41) is 1.13. The van der Waals surface area contributed by atoms with Crippen LogP contribution in [0.2, 0.25) is 0 Å². The van der Waals surface area contributed by atoms with Crippen molar-refractivity contribution in [3.63, 3.8) is 0 Å². The maximum absolute atomic E-state index is 5.88. The van der Waals surface area contributed by atoms with Gasteiger partial charge in [-0.3, -0.25) is 0 Å². The van der Waals surface area contributed by atoms with E-state index in [1.54, 1.807) is 0 Å². The van der Waals surface area contributed by atoms with Crippen LogP contribution in [0.3, 0.4) is 0 Å². The molecule has 0 fully saturated rings. The summed E-state index contributed by atoms with van der Waals surface area (Å²) < 4.78 is 0. The van der Waals surface area contributed by atoms with Crippen LogP contribution in [-0.4, -0.2) is 9.97 Å². The molecule has 2 heterocycles. The van der Waals surface area contributed by atoms with E-state index in [1.807, 2.05) is 24.4 Å². The zero-order valence-corrected chi connectivity index (χ0v) is 8.84. The third-order valence-corrected chi connectivity index (χ3v) is 2.25. The fraction of sp³-hybridized carbons (Fsp3) is 0.300. The summed E-state index contributed by atoms with van der Waals surface area (Å²) in [7, 11) is 0. The van der Waals surface area contributed by atoms with Gasteiger partial charge in [0.25, 0.3) is 0 Å². The number of hydrogen-bond donors (Lipinski definition) is 2. The van der Waals surface area contributed by atoms with Crippen molar-refractivity contribution in [3.05, 3.63) is 30.1 Å². The highest BCUT2D eigenvalue weighted by Gasteiger charge is 2.05. The van der Waals surface area contributed by atoms with Crippen LogP contribution in [-0.2, 0) is 0 Å². The summed E-state index contributed by atoms with van der Waals surface area (Å²) >= 11 is 0. The Labute approximate surface area is 89.1 Å². The van der Waals surface area contributed by atoms with Crippen LogP contribution < -0.4 is 5.73 Å². The molecule has 0 aliphatic carbocycles. The lowest BCUT2D eigenvalue weighted by molar-refractivity contribution is 0.678. The number of rotatable bonds is 2. The molecule has 2 aromatic rings. The number of H-pyrrole nitrogens is 1. The number of nitrogens with zero attached hydrogens (tertiary/aromatic N) is 1. The molecule has 0 saturated carbocycles. The van der Waals surface area contributed by atoms with Crippen LogP contribution in [0, 0.1) is 0 Å². The van der Waals surface area contributed by atoms with E-state index in [0.29, 0.717) is 0 Å². The summed E-state index contributed by atoms with van der Waals surface area (Å²) in [6.45, 7) is 2.06. The summed E-state index contributed by atoms with van der Waals surface area (Å²) in [6.07, 6.45) is 2.80. The minimum atomic E-state index is 0. The van der Waals surface area contributed by atoms with Gasteiger partial charge in [-0.1, -0.05) is 6.92 Å². The monoisotopic (exact) mass is 211 g/mol. The van der Waals surface area contributed by atoms with Crippen LogP contribution in [0.15, 0.2) is 24.4 Å². The molecule has 2 rings (SSSR count). The second-order valence-electron chi connectivity index (χ2n) is 3.17. The summed E-state index contributed by atoms with van der Waals surface area (Å²) in [6, 6.07) is 6.09. The van der Waals surface area contributed by atoms with Crippen molar-refractivity contribution in [2.75, 3.05) is 0 Å². The van der Waals surface area contributed by atoms with Crippen LogP contribution >= 0.6 is 12.4 Å². The maximum Gasteiger partial charge on any atom is 0.137 e. The second kappa shape index (κ2) is 4.44. The van der Waals surface area contributed by atoms with Gasteiger partial charge in [0.1, 0.15) is 5.65 Å². The zero-order chi connectivity index (χ0) is 9.26. The van der Waals surface area contributed by atoms with Gasteiger partial charge in [-0.05, 0) is 24.6 Å². The number of nitrogens with two attached hydrogens (primary N) is 1. The number of halogens is 1. The second-order valence-corrected chi connectivity index (χ2v) is 3.17. The van der Waals surface area contributed by atoms with Gasteiger partial charge in [-0.25, -0.2) is 4.98 Å². The number of hydrogen-bond acceptors (Lipinski definition) is 2. The molecule has 0 amide bonds. The molecule has 0 aromatic carbocycles. The Hall–Kier alpha value is -1.06. The summed E-state index contributed by atoms with van der Waals surface area (Å²) in [4.78, 5) is 7.50. The fourth-order valence-electron chi connectivity index (χ4n) is 1.36. The highest BCUT2D eigenvalue weighted by atomic mass is 35.5. The van der Waals surface area contributed by atoms with Crippen molar-refractivity contribution in [1.82, 2.24) is 9.97 Å². The van der Waals surface area contributed by atoms with Crippen molar-refractivity contribution in [2.24, 2.45) is 5.73 Å². The highest BCUT2D eigenvalue weighted by molar-refractivity contribution is 5.85. The lowest BCUT2D eigenvalue weighted by Crippen LogP contribution is -2.10. The van der Waals surface area contributed by atoms with Gasteiger partial charge >= 0.3 is 0 Å². The first kappa shape index (κ1) is 11.0. The van der Waals surface area contributed by atoms with E-state index in [2.05, 4.69) is 16.9 Å². The third kappa shape index (κ3) is 1.89. The van der Waals surface area contributed by atoms with Crippen molar-refractivity contribution < 1.29 is 0 Å². The van der Waals surface area contributed by atoms with E-state index in [-0.39, 0.29) is 18.4 Å². The Morgan fingerprint density at radius 2 is 2.21 bits per heavy atom. The van der Waals surface area contributed by atoms with E-state index >= 15 is 0 Å². The summed E-state index contributed by atoms with van der Waals surface area (Å²) in [5.74, 6) is 0. The number of aromatic nitrogens is 2. The molecule has 14 heavy (non-hydrogen) atoms. The van der Waals surface area contributed by atoms with Gasteiger partial charge in [0, 0.05) is 17.6 Å². The third-order valence-electron chi connectivity index (χ3n) is 2.25. The van der Waals surface area contributed by atoms with E-state index in [9.17, 15) is 0 Å². The Morgan fingerprint density at radius 3 is 2.93 bits per heavy atom. The van der Waals surface area contributed by atoms with Crippen molar-refractivity contribution in [1.29, 1.82) is 0 Å². The smallest absolute Gasteiger partial charge is 0.137 e. The van der Waals surface area contributed by atoms with Crippen molar-refractivity contribution >= 4 is 23.4 Å². The molecule has 0 saturated heterocycles. The van der Waals surface area contributed by atoms with Crippen LogP contribution in [0.1, 0.15) is 25.1 Å². The quantitative estimate of drug-likeness (QED) is 0.802. The van der Waals surface area contributed by atoms with Gasteiger partial charge in [0.2, 0.25) is 0 Å². The molecule has 0 aliphatic heterocycles. The molecule has 3 nitrogen and oxygen atoms in total. The molecule has 0 spiro atoms. The average molecular weight is 212 g/mol. The molecule has 3 N–H and O–H groups in total. The van der Waals surface area contributed by atoms with Crippen molar-refractivity contribution in [2.45, 2.75) is 19.4 Å². The molecular weight excluding hydrogens is 198 g/mol. The lowest BCUT2D eigenvalue weighted by atomic mass is 10.1. The topological polar surface area (TPSA) is 54.7 Å². The van der Waals surface area contributed by atoms with Gasteiger partial charge < -0.3 is 10.7 Å². The molecule has 2 aromatic heterocycles. The molecule has 0 bridgehead atoms. The number of aromatic amines is 1. The minimum Gasteiger partial charge on any atom is -0.346 e. The van der Waals surface area contributed by atoms with E-state index in [4.69, 9.17) is 5.73 Å². The van der Waals surface area contributed by atoms with Gasteiger partial charge in [0.15, 0.2) is 0 Å².